The molecule has 0 bridgehead atoms. The molecule has 2 aromatic carbocycles. The number of rotatable bonds is 6. The minimum atomic E-state index is -3.98. The Hall–Kier alpha value is -3.07. The molecule has 3 rings (SSSR count). The lowest BCUT2D eigenvalue weighted by Gasteiger charge is -2.09. The monoisotopic (exact) mass is 377 g/mol. The van der Waals surface area contributed by atoms with E-state index >= 15 is 0 Å². The topological polar surface area (TPSA) is 81.2 Å². The third-order valence-corrected chi connectivity index (χ3v) is 4.44. The molecule has 0 saturated carbocycles. The summed E-state index contributed by atoms with van der Waals surface area (Å²) >= 11 is 0. The summed E-state index contributed by atoms with van der Waals surface area (Å²) in [5, 5.41) is 0. The van der Waals surface area contributed by atoms with Crippen LogP contribution in [0.25, 0.3) is 0 Å². The Morgan fingerprint density at radius 1 is 1.00 bits per heavy atom. The standard InChI is InChI=1S/C17H13F2N3O3S/c18-13-6-7-16(19)12(8-13)11-26(23,24)22-14-9-20-17(21-10-14)25-15-4-2-1-3-5-15/h1-10,22H,11H2. The first kappa shape index (κ1) is 17.7. The summed E-state index contributed by atoms with van der Waals surface area (Å²) in [5.41, 5.74) is -0.204. The molecule has 26 heavy (non-hydrogen) atoms. The van der Waals surface area contributed by atoms with Crippen molar-refractivity contribution in [1.82, 2.24) is 9.97 Å². The molecule has 9 heteroatoms. The zero-order chi connectivity index (χ0) is 18.6. The predicted molar refractivity (Wildman–Crippen MR) is 91.2 cm³/mol. The van der Waals surface area contributed by atoms with Crippen LogP contribution in [0.15, 0.2) is 60.9 Å². The molecule has 0 aliphatic heterocycles. The highest BCUT2D eigenvalue weighted by Crippen LogP contribution is 2.19. The molecule has 1 heterocycles. The molecule has 0 fully saturated rings. The van der Waals surface area contributed by atoms with Crippen molar-refractivity contribution in [3.8, 4) is 11.8 Å². The van der Waals surface area contributed by atoms with E-state index in [4.69, 9.17) is 4.74 Å². The van der Waals surface area contributed by atoms with Crippen molar-refractivity contribution in [1.29, 1.82) is 0 Å². The molecule has 3 aromatic rings. The number of benzene rings is 2. The minimum absolute atomic E-state index is 0.0373. The van der Waals surface area contributed by atoms with Gasteiger partial charge in [-0.2, -0.15) is 0 Å². The van der Waals surface area contributed by atoms with E-state index in [1.54, 1.807) is 24.3 Å². The summed E-state index contributed by atoms with van der Waals surface area (Å²) in [5.74, 6) is -1.72. The van der Waals surface area contributed by atoms with Crippen LogP contribution in [-0.4, -0.2) is 18.4 Å². The second-order valence-electron chi connectivity index (χ2n) is 5.27. The van der Waals surface area contributed by atoms with Crippen LogP contribution in [0.3, 0.4) is 0 Å². The Bertz CT molecular complexity index is 998. The van der Waals surface area contributed by atoms with Crippen LogP contribution in [0.4, 0.5) is 14.5 Å². The molecule has 0 aliphatic carbocycles. The number of nitrogens with one attached hydrogen (secondary N) is 1. The number of aromatic nitrogens is 2. The molecular formula is C17H13F2N3O3S. The van der Waals surface area contributed by atoms with Gasteiger partial charge in [-0.05, 0) is 30.3 Å². The lowest BCUT2D eigenvalue weighted by molar-refractivity contribution is 0.442. The maximum absolute atomic E-state index is 13.6. The first-order valence-electron chi connectivity index (χ1n) is 7.41. The average molecular weight is 377 g/mol. The summed E-state index contributed by atoms with van der Waals surface area (Å²) in [4.78, 5) is 7.80. The number of anilines is 1. The number of halogens is 2. The smallest absolute Gasteiger partial charge is 0.322 e. The number of sulfonamides is 1. The largest absolute Gasteiger partial charge is 0.424 e. The van der Waals surface area contributed by atoms with E-state index < -0.39 is 27.4 Å². The van der Waals surface area contributed by atoms with Crippen molar-refractivity contribution in [2.75, 3.05) is 4.72 Å². The van der Waals surface area contributed by atoms with Gasteiger partial charge in [-0.15, -0.1) is 0 Å². The predicted octanol–water partition coefficient (Wildman–Crippen LogP) is 3.49. The number of nitrogens with zero attached hydrogens (tertiary/aromatic N) is 2. The van der Waals surface area contributed by atoms with Crippen LogP contribution in [0.5, 0.6) is 11.8 Å². The second kappa shape index (κ2) is 7.44. The van der Waals surface area contributed by atoms with Crippen molar-refractivity contribution in [2.45, 2.75) is 5.75 Å². The molecule has 0 saturated heterocycles. The Morgan fingerprint density at radius 3 is 2.38 bits per heavy atom. The number of para-hydroxylation sites is 1. The van der Waals surface area contributed by atoms with E-state index in [1.165, 1.54) is 12.4 Å². The highest BCUT2D eigenvalue weighted by molar-refractivity contribution is 7.91. The molecule has 134 valence electrons. The SMILES string of the molecule is O=S(=O)(Cc1cc(F)ccc1F)Nc1cnc(Oc2ccccc2)nc1. The summed E-state index contributed by atoms with van der Waals surface area (Å²) < 4.78 is 58.6. The summed E-state index contributed by atoms with van der Waals surface area (Å²) in [7, 11) is -3.98. The third kappa shape index (κ3) is 4.73. The molecule has 1 aromatic heterocycles. The van der Waals surface area contributed by atoms with Gasteiger partial charge in [0.25, 0.3) is 0 Å². The Balaban J connectivity index is 1.68. The van der Waals surface area contributed by atoms with Gasteiger partial charge >= 0.3 is 6.01 Å². The fraction of sp³-hybridized carbons (Fsp3) is 0.0588. The zero-order valence-corrected chi connectivity index (χ0v) is 14.1. The quantitative estimate of drug-likeness (QED) is 0.711. The van der Waals surface area contributed by atoms with Crippen LogP contribution in [0, 0.1) is 11.6 Å². The maximum atomic E-state index is 13.6. The van der Waals surface area contributed by atoms with Crippen LogP contribution in [-0.2, 0) is 15.8 Å². The van der Waals surface area contributed by atoms with E-state index in [-0.39, 0.29) is 17.3 Å². The molecule has 0 radical (unpaired) electrons. The molecule has 0 aliphatic rings. The Morgan fingerprint density at radius 2 is 1.69 bits per heavy atom. The van der Waals surface area contributed by atoms with E-state index in [0.29, 0.717) is 5.75 Å². The first-order chi connectivity index (χ1) is 12.4. The van der Waals surface area contributed by atoms with Crippen molar-refractivity contribution in [3.63, 3.8) is 0 Å². The third-order valence-electron chi connectivity index (χ3n) is 3.21. The molecule has 0 spiro atoms. The van der Waals surface area contributed by atoms with Crippen molar-refractivity contribution in [2.24, 2.45) is 0 Å². The second-order valence-corrected chi connectivity index (χ2v) is 6.99. The lowest BCUT2D eigenvalue weighted by atomic mass is 10.2. The molecule has 1 N–H and O–H groups in total. The molecule has 0 amide bonds. The van der Waals surface area contributed by atoms with E-state index in [0.717, 1.165) is 18.2 Å². The van der Waals surface area contributed by atoms with Crippen LogP contribution >= 0.6 is 0 Å². The molecule has 0 atom stereocenters. The molecule has 0 unspecified atom stereocenters. The normalized spacial score (nSPS) is 11.2. The Labute approximate surface area is 148 Å². The molecular weight excluding hydrogens is 364 g/mol. The van der Waals surface area contributed by atoms with Gasteiger partial charge in [-0.25, -0.2) is 27.2 Å². The van der Waals surface area contributed by atoms with Crippen LogP contribution in [0.2, 0.25) is 0 Å². The minimum Gasteiger partial charge on any atom is -0.424 e. The molecule has 6 nitrogen and oxygen atoms in total. The van der Waals surface area contributed by atoms with Crippen molar-refractivity contribution in [3.05, 3.63) is 78.1 Å². The van der Waals surface area contributed by atoms with Crippen LogP contribution in [0.1, 0.15) is 5.56 Å². The van der Waals surface area contributed by atoms with E-state index in [1.807, 2.05) is 6.07 Å². The zero-order valence-electron chi connectivity index (χ0n) is 13.3. The van der Waals surface area contributed by atoms with Gasteiger partial charge < -0.3 is 4.74 Å². The summed E-state index contributed by atoms with van der Waals surface area (Å²) in [6.45, 7) is 0. The first-order valence-corrected chi connectivity index (χ1v) is 9.06. The highest BCUT2D eigenvalue weighted by atomic mass is 32.2. The van der Waals surface area contributed by atoms with Gasteiger partial charge in [0.15, 0.2) is 0 Å². The van der Waals surface area contributed by atoms with Gasteiger partial charge in [-0.3, -0.25) is 4.72 Å². The highest BCUT2D eigenvalue weighted by Gasteiger charge is 2.16. The van der Waals surface area contributed by atoms with Crippen LogP contribution < -0.4 is 9.46 Å². The Kier molecular flexibility index (Phi) is 5.08. The fourth-order valence-electron chi connectivity index (χ4n) is 2.09. The van der Waals surface area contributed by atoms with Gasteiger partial charge in [0.2, 0.25) is 10.0 Å². The summed E-state index contributed by atoms with van der Waals surface area (Å²) in [6.07, 6.45) is 2.43. The van der Waals surface area contributed by atoms with Gasteiger partial charge in [0.05, 0.1) is 23.8 Å². The lowest BCUT2D eigenvalue weighted by Crippen LogP contribution is -2.16. The maximum Gasteiger partial charge on any atom is 0.322 e. The number of hydrogen-bond acceptors (Lipinski definition) is 5. The number of hydrogen-bond donors (Lipinski definition) is 1. The van der Waals surface area contributed by atoms with Gasteiger partial charge in [-0.1, -0.05) is 18.2 Å². The number of ether oxygens (including phenoxy) is 1. The van der Waals surface area contributed by atoms with Gasteiger partial charge in [0.1, 0.15) is 17.4 Å². The van der Waals surface area contributed by atoms with Crippen molar-refractivity contribution >= 4 is 15.7 Å². The van der Waals surface area contributed by atoms with Crippen molar-refractivity contribution < 1.29 is 21.9 Å². The fourth-order valence-corrected chi connectivity index (χ4v) is 3.26. The summed E-state index contributed by atoms with van der Waals surface area (Å²) in [6, 6.07) is 11.5. The average Bonchev–Trinajstić information content (AvgIpc) is 2.60. The van der Waals surface area contributed by atoms with E-state index in [2.05, 4.69) is 14.7 Å². The van der Waals surface area contributed by atoms with E-state index in [9.17, 15) is 17.2 Å². The van der Waals surface area contributed by atoms with Gasteiger partial charge in [0, 0.05) is 5.56 Å².